The maximum Gasteiger partial charge on any atom is 0.284 e. The van der Waals surface area contributed by atoms with Crippen LogP contribution in [0.15, 0.2) is 6.33 Å². The molecular formula is C11H14N6O5. The molecule has 118 valence electrons. The van der Waals surface area contributed by atoms with Crippen molar-refractivity contribution in [2.24, 2.45) is 5.73 Å². The second-order valence-corrected chi connectivity index (χ2v) is 4.83. The molecule has 1 aliphatic heterocycles. The van der Waals surface area contributed by atoms with E-state index in [1.54, 1.807) is 0 Å². The molecule has 11 nitrogen and oxygen atoms in total. The molecule has 3 rings (SSSR count). The number of ether oxygens (including phenoxy) is 1. The smallest absolute Gasteiger partial charge is 0.284 e. The fraction of sp³-hybridized carbons (Fsp3) is 0.455. The van der Waals surface area contributed by atoms with Crippen LogP contribution >= 0.6 is 0 Å². The van der Waals surface area contributed by atoms with E-state index in [2.05, 4.69) is 15.0 Å². The van der Waals surface area contributed by atoms with Gasteiger partial charge in [0, 0.05) is 0 Å². The summed E-state index contributed by atoms with van der Waals surface area (Å²) in [5, 5.41) is 29.1. The van der Waals surface area contributed by atoms with Gasteiger partial charge in [-0.05, 0) is 0 Å². The molecule has 11 heteroatoms. The summed E-state index contributed by atoms with van der Waals surface area (Å²) in [5.74, 6) is -1.12. The molecule has 2 aromatic heterocycles. The predicted octanol–water partition coefficient (Wildman–Crippen LogP) is -2.88. The summed E-state index contributed by atoms with van der Waals surface area (Å²) in [6.07, 6.45) is -3.82. The van der Waals surface area contributed by atoms with Crippen molar-refractivity contribution in [3.8, 4) is 0 Å². The molecule has 0 saturated carbocycles. The lowest BCUT2D eigenvalue weighted by molar-refractivity contribution is -0.0517. The van der Waals surface area contributed by atoms with Crippen LogP contribution in [-0.4, -0.2) is 65.7 Å². The third kappa shape index (κ3) is 1.99. The van der Waals surface area contributed by atoms with Crippen molar-refractivity contribution in [3.05, 3.63) is 12.2 Å². The molecule has 0 aromatic carbocycles. The number of imidazole rings is 1. The van der Waals surface area contributed by atoms with Gasteiger partial charge in [0.25, 0.3) is 5.91 Å². The predicted molar refractivity (Wildman–Crippen MR) is 71.3 cm³/mol. The van der Waals surface area contributed by atoms with Gasteiger partial charge >= 0.3 is 0 Å². The number of fused-ring (bicyclic) bond motifs is 1. The molecule has 0 radical (unpaired) electrons. The number of carbonyl (C=O) groups is 1. The number of hydrogen-bond acceptors (Lipinski definition) is 9. The average Bonchev–Trinajstić information content (AvgIpc) is 3.00. The summed E-state index contributed by atoms with van der Waals surface area (Å²) in [4.78, 5) is 23.3. The van der Waals surface area contributed by atoms with Gasteiger partial charge in [0.1, 0.15) is 24.6 Å². The summed E-state index contributed by atoms with van der Waals surface area (Å²) in [6, 6.07) is 0. The summed E-state index contributed by atoms with van der Waals surface area (Å²) >= 11 is 0. The highest BCUT2D eigenvalue weighted by Crippen LogP contribution is 2.33. The van der Waals surface area contributed by atoms with Gasteiger partial charge < -0.3 is 31.5 Å². The third-order valence-corrected chi connectivity index (χ3v) is 3.50. The van der Waals surface area contributed by atoms with Crippen LogP contribution in [0.3, 0.4) is 0 Å². The zero-order valence-corrected chi connectivity index (χ0v) is 11.2. The molecule has 4 atom stereocenters. The van der Waals surface area contributed by atoms with Crippen LogP contribution in [0.1, 0.15) is 16.8 Å². The van der Waals surface area contributed by atoms with Crippen LogP contribution in [0.5, 0.6) is 0 Å². The largest absolute Gasteiger partial charge is 0.394 e. The van der Waals surface area contributed by atoms with Crippen LogP contribution in [0.4, 0.5) is 5.82 Å². The Morgan fingerprint density at radius 1 is 1.36 bits per heavy atom. The molecule has 1 fully saturated rings. The highest BCUT2D eigenvalue weighted by molar-refractivity contribution is 5.94. The Hall–Kier alpha value is -2.34. The zero-order valence-electron chi connectivity index (χ0n) is 11.2. The highest BCUT2D eigenvalue weighted by atomic mass is 16.6. The quantitative estimate of drug-likeness (QED) is 0.397. The number of aliphatic hydroxyl groups is 3. The van der Waals surface area contributed by atoms with Gasteiger partial charge in [-0.1, -0.05) is 0 Å². The number of nitrogen functional groups attached to an aromatic ring is 1. The van der Waals surface area contributed by atoms with Crippen molar-refractivity contribution in [3.63, 3.8) is 0 Å². The molecule has 0 bridgehead atoms. The van der Waals surface area contributed by atoms with Gasteiger partial charge in [0.15, 0.2) is 23.2 Å². The van der Waals surface area contributed by atoms with Crippen LogP contribution in [-0.2, 0) is 4.74 Å². The van der Waals surface area contributed by atoms with Crippen molar-refractivity contribution >= 4 is 22.9 Å². The van der Waals surface area contributed by atoms with Gasteiger partial charge in [0.05, 0.1) is 6.61 Å². The minimum atomic E-state index is -1.41. The van der Waals surface area contributed by atoms with Crippen LogP contribution < -0.4 is 11.5 Å². The standard InChI is InChI=1S/C11H14N6O5/c12-7-4-9(15-2-14-7)17(10(16-4)8(13)21)11-6(20)5(19)3(1-18)22-11/h2-3,5-6,11,18-20H,1H2,(H2,13,21)(H2,12,14,15)/t3-,5-,6-,11-/m1/s1. The van der Waals surface area contributed by atoms with Gasteiger partial charge in [-0.15, -0.1) is 0 Å². The molecular weight excluding hydrogens is 296 g/mol. The van der Waals surface area contributed by atoms with Crippen molar-refractivity contribution in [1.29, 1.82) is 0 Å². The van der Waals surface area contributed by atoms with Crippen molar-refractivity contribution in [2.75, 3.05) is 12.3 Å². The van der Waals surface area contributed by atoms with E-state index >= 15 is 0 Å². The monoisotopic (exact) mass is 310 g/mol. The summed E-state index contributed by atoms with van der Waals surface area (Å²) < 4.78 is 6.52. The molecule has 3 heterocycles. The lowest BCUT2D eigenvalue weighted by Crippen LogP contribution is -2.34. The van der Waals surface area contributed by atoms with Crippen molar-refractivity contribution in [2.45, 2.75) is 24.5 Å². The van der Waals surface area contributed by atoms with E-state index in [1.807, 2.05) is 0 Å². The summed E-state index contributed by atoms with van der Waals surface area (Å²) in [5.41, 5.74) is 11.2. The number of primary amides is 1. The van der Waals surface area contributed by atoms with Crippen molar-refractivity contribution < 1.29 is 24.9 Å². The van der Waals surface area contributed by atoms with Crippen LogP contribution in [0.25, 0.3) is 11.2 Å². The summed E-state index contributed by atoms with van der Waals surface area (Å²) in [7, 11) is 0. The molecule has 1 amide bonds. The van der Waals surface area contributed by atoms with Crippen LogP contribution in [0.2, 0.25) is 0 Å². The summed E-state index contributed by atoms with van der Waals surface area (Å²) in [6.45, 7) is -0.510. The van der Waals surface area contributed by atoms with E-state index in [1.165, 1.54) is 0 Å². The lowest BCUT2D eigenvalue weighted by atomic mass is 10.1. The van der Waals surface area contributed by atoms with E-state index < -0.39 is 37.1 Å². The normalized spacial score (nSPS) is 28.3. The molecule has 0 spiro atoms. The molecule has 1 saturated heterocycles. The number of nitrogens with two attached hydrogens (primary N) is 2. The van der Waals surface area contributed by atoms with Gasteiger partial charge in [-0.2, -0.15) is 0 Å². The number of carbonyl (C=O) groups excluding carboxylic acids is 1. The van der Waals surface area contributed by atoms with Gasteiger partial charge in [0.2, 0.25) is 5.82 Å². The lowest BCUT2D eigenvalue weighted by Gasteiger charge is -2.18. The zero-order chi connectivity index (χ0) is 16.0. The first kappa shape index (κ1) is 14.6. The van der Waals surface area contributed by atoms with E-state index in [0.29, 0.717) is 0 Å². The number of hydrogen-bond donors (Lipinski definition) is 5. The van der Waals surface area contributed by atoms with Crippen molar-refractivity contribution in [1.82, 2.24) is 19.5 Å². The maximum absolute atomic E-state index is 11.6. The fourth-order valence-corrected chi connectivity index (χ4v) is 2.43. The maximum atomic E-state index is 11.6. The van der Waals surface area contributed by atoms with Gasteiger partial charge in [-0.3, -0.25) is 9.36 Å². The number of amides is 1. The molecule has 2 aromatic rings. The number of anilines is 1. The fourth-order valence-electron chi connectivity index (χ4n) is 2.43. The van der Waals surface area contributed by atoms with Crippen LogP contribution in [0, 0.1) is 0 Å². The Balaban J connectivity index is 2.19. The van der Waals surface area contributed by atoms with E-state index in [-0.39, 0.29) is 22.8 Å². The number of rotatable bonds is 3. The van der Waals surface area contributed by atoms with Gasteiger partial charge in [-0.25, -0.2) is 15.0 Å². The Kier molecular flexibility index (Phi) is 3.41. The SMILES string of the molecule is NC(=O)c1nc2c(N)ncnc2n1[C@@H]1O[C@H](CO)[C@@H](O)[C@H]1O. The number of aromatic nitrogens is 4. The third-order valence-electron chi connectivity index (χ3n) is 3.50. The van der Waals surface area contributed by atoms with E-state index in [9.17, 15) is 15.0 Å². The Labute approximate surface area is 123 Å². The number of nitrogens with zero attached hydrogens (tertiary/aromatic N) is 4. The van der Waals surface area contributed by atoms with E-state index in [4.69, 9.17) is 21.3 Å². The Morgan fingerprint density at radius 2 is 2.09 bits per heavy atom. The molecule has 0 aliphatic carbocycles. The molecule has 0 unspecified atom stereocenters. The topological polar surface area (TPSA) is 183 Å². The average molecular weight is 310 g/mol. The Morgan fingerprint density at radius 3 is 2.68 bits per heavy atom. The first-order chi connectivity index (χ1) is 10.5. The molecule has 22 heavy (non-hydrogen) atoms. The Bertz CT molecular complexity index is 733. The first-order valence-electron chi connectivity index (χ1n) is 6.36. The number of aliphatic hydroxyl groups excluding tert-OH is 3. The second-order valence-electron chi connectivity index (χ2n) is 4.83. The first-order valence-corrected chi connectivity index (χ1v) is 6.36. The highest BCUT2D eigenvalue weighted by Gasteiger charge is 2.45. The molecule has 1 aliphatic rings. The minimum absolute atomic E-state index is 0.0259. The minimum Gasteiger partial charge on any atom is -0.394 e. The molecule has 7 N–H and O–H groups in total. The van der Waals surface area contributed by atoms with E-state index in [0.717, 1.165) is 10.9 Å². The second kappa shape index (κ2) is 5.14.